The van der Waals surface area contributed by atoms with E-state index in [9.17, 15) is 0 Å². The molecule has 0 N–H and O–H groups in total. The van der Waals surface area contributed by atoms with E-state index in [0.717, 1.165) is 18.9 Å². The van der Waals surface area contributed by atoms with E-state index in [-0.39, 0.29) is 0 Å². The molecular weight excluding hydrogens is 258 g/mol. The van der Waals surface area contributed by atoms with Gasteiger partial charge in [0.05, 0.1) is 0 Å². The van der Waals surface area contributed by atoms with Crippen LogP contribution in [-0.2, 0) is 4.74 Å². The zero-order valence-corrected chi connectivity index (χ0v) is 14.6. The van der Waals surface area contributed by atoms with Crippen molar-refractivity contribution < 1.29 is 4.74 Å². The van der Waals surface area contributed by atoms with Crippen molar-refractivity contribution in [2.24, 2.45) is 10.8 Å². The Balaban J connectivity index is 1.88. The molecule has 1 spiro atoms. The minimum Gasteiger partial charge on any atom is -0.493 e. The first-order valence-corrected chi connectivity index (χ1v) is 8.56. The molecular formula is C19H33NO. The van der Waals surface area contributed by atoms with Gasteiger partial charge in [-0.1, -0.05) is 26.8 Å². The van der Waals surface area contributed by atoms with E-state index in [4.69, 9.17) is 4.74 Å². The molecule has 2 heteroatoms. The zero-order chi connectivity index (χ0) is 15.5. The maximum Gasteiger partial charge on any atom is 0.114 e. The van der Waals surface area contributed by atoms with Crippen LogP contribution in [0.1, 0.15) is 60.3 Å². The van der Waals surface area contributed by atoms with E-state index in [2.05, 4.69) is 25.7 Å². The van der Waals surface area contributed by atoms with Crippen molar-refractivity contribution in [2.75, 3.05) is 19.7 Å². The lowest BCUT2D eigenvalue weighted by Gasteiger charge is -2.46. The quantitative estimate of drug-likeness (QED) is 0.534. The molecule has 21 heavy (non-hydrogen) atoms. The maximum atomic E-state index is 5.90. The van der Waals surface area contributed by atoms with Crippen LogP contribution in [-0.4, -0.2) is 30.6 Å². The number of piperidine rings is 1. The van der Waals surface area contributed by atoms with Gasteiger partial charge in [-0.2, -0.15) is 0 Å². The smallest absolute Gasteiger partial charge is 0.114 e. The van der Waals surface area contributed by atoms with Gasteiger partial charge < -0.3 is 4.74 Å². The van der Waals surface area contributed by atoms with Crippen LogP contribution in [0, 0.1) is 10.8 Å². The van der Waals surface area contributed by atoms with E-state index >= 15 is 0 Å². The summed E-state index contributed by atoms with van der Waals surface area (Å²) < 4.78 is 5.90. The SMILES string of the molecule is C/C=C\C(=C/C)OCCN1CCC2(CC2)CC1C(C)(C)C. The van der Waals surface area contributed by atoms with Crippen molar-refractivity contribution in [1.82, 2.24) is 4.90 Å². The Bertz CT molecular complexity index is 398. The largest absolute Gasteiger partial charge is 0.493 e. The van der Waals surface area contributed by atoms with E-state index in [1.165, 1.54) is 32.2 Å². The van der Waals surface area contributed by atoms with Crippen LogP contribution in [0.5, 0.6) is 0 Å². The average molecular weight is 291 g/mol. The molecule has 1 heterocycles. The second-order valence-corrected chi connectivity index (χ2v) is 7.91. The summed E-state index contributed by atoms with van der Waals surface area (Å²) in [6, 6.07) is 0.702. The highest BCUT2D eigenvalue weighted by Crippen LogP contribution is 2.57. The molecule has 0 aromatic carbocycles. The lowest BCUT2D eigenvalue weighted by Crippen LogP contribution is -2.50. The molecule has 0 aromatic heterocycles. The summed E-state index contributed by atoms with van der Waals surface area (Å²) in [5.41, 5.74) is 1.08. The minimum absolute atomic E-state index is 0.364. The first-order chi connectivity index (χ1) is 9.90. The van der Waals surface area contributed by atoms with Crippen LogP contribution in [0.2, 0.25) is 0 Å². The molecule has 0 bridgehead atoms. The Labute approximate surface area is 131 Å². The summed E-state index contributed by atoms with van der Waals surface area (Å²) in [5, 5.41) is 0. The molecule has 1 aliphatic heterocycles. The molecule has 2 nitrogen and oxygen atoms in total. The van der Waals surface area contributed by atoms with Crippen LogP contribution in [0.4, 0.5) is 0 Å². The van der Waals surface area contributed by atoms with Gasteiger partial charge in [0, 0.05) is 12.6 Å². The van der Waals surface area contributed by atoms with Crippen LogP contribution < -0.4 is 0 Å². The molecule has 2 fully saturated rings. The van der Waals surface area contributed by atoms with Crippen molar-refractivity contribution in [3.8, 4) is 0 Å². The Morgan fingerprint density at radius 1 is 1.24 bits per heavy atom. The molecule has 0 radical (unpaired) electrons. The first kappa shape index (κ1) is 16.6. The Kier molecular flexibility index (Phi) is 5.19. The maximum absolute atomic E-state index is 5.90. The molecule has 0 aromatic rings. The molecule has 1 atom stereocenters. The van der Waals surface area contributed by atoms with E-state index in [1.54, 1.807) is 0 Å². The lowest BCUT2D eigenvalue weighted by molar-refractivity contribution is 0.0169. The molecule has 0 amide bonds. The van der Waals surface area contributed by atoms with Gasteiger partial charge in [-0.15, -0.1) is 0 Å². The number of allylic oxidation sites excluding steroid dienone is 3. The predicted octanol–water partition coefficient (Wildman–Crippen LogP) is 4.77. The summed E-state index contributed by atoms with van der Waals surface area (Å²) in [4.78, 5) is 2.67. The highest BCUT2D eigenvalue weighted by Gasteiger charge is 2.50. The van der Waals surface area contributed by atoms with Gasteiger partial charge in [0.2, 0.25) is 0 Å². The normalized spacial score (nSPS) is 26.5. The third-order valence-electron chi connectivity index (χ3n) is 5.22. The average Bonchev–Trinajstić information content (AvgIpc) is 3.18. The Hall–Kier alpha value is -0.760. The number of hydrogen-bond acceptors (Lipinski definition) is 2. The van der Waals surface area contributed by atoms with Crippen molar-refractivity contribution in [3.05, 3.63) is 24.0 Å². The van der Waals surface area contributed by atoms with E-state index in [1.807, 2.05) is 32.1 Å². The molecule has 1 unspecified atom stereocenters. The summed E-state index contributed by atoms with van der Waals surface area (Å²) in [7, 11) is 0. The fourth-order valence-electron chi connectivity index (χ4n) is 3.60. The van der Waals surface area contributed by atoms with Gasteiger partial charge in [-0.25, -0.2) is 0 Å². The zero-order valence-electron chi connectivity index (χ0n) is 14.6. The van der Waals surface area contributed by atoms with Crippen LogP contribution in [0.25, 0.3) is 0 Å². The topological polar surface area (TPSA) is 12.5 Å². The van der Waals surface area contributed by atoms with Crippen molar-refractivity contribution in [3.63, 3.8) is 0 Å². The summed E-state index contributed by atoms with van der Waals surface area (Å²) >= 11 is 0. The fourth-order valence-corrected chi connectivity index (χ4v) is 3.60. The van der Waals surface area contributed by atoms with E-state index < -0.39 is 0 Å². The van der Waals surface area contributed by atoms with Gasteiger partial charge in [-0.05, 0) is 69.1 Å². The second-order valence-electron chi connectivity index (χ2n) is 7.91. The molecule has 1 saturated heterocycles. The molecule has 2 aliphatic rings. The second kappa shape index (κ2) is 6.56. The number of ether oxygens (including phenoxy) is 1. The van der Waals surface area contributed by atoms with Crippen LogP contribution >= 0.6 is 0 Å². The lowest BCUT2D eigenvalue weighted by atomic mass is 9.75. The highest BCUT2D eigenvalue weighted by atomic mass is 16.5. The van der Waals surface area contributed by atoms with Gasteiger partial charge >= 0.3 is 0 Å². The number of rotatable bonds is 5. The predicted molar refractivity (Wildman–Crippen MR) is 90.2 cm³/mol. The van der Waals surface area contributed by atoms with Crippen molar-refractivity contribution >= 4 is 0 Å². The van der Waals surface area contributed by atoms with Gasteiger partial charge in [0.15, 0.2) is 0 Å². The summed E-state index contributed by atoms with van der Waals surface area (Å²) in [6.45, 7) is 14.3. The van der Waals surface area contributed by atoms with Crippen LogP contribution in [0.15, 0.2) is 24.0 Å². The van der Waals surface area contributed by atoms with Crippen LogP contribution in [0.3, 0.4) is 0 Å². The molecule has 120 valence electrons. The Morgan fingerprint density at radius 3 is 2.48 bits per heavy atom. The van der Waals surface area contributed by atoms with Crippen molar-refractivity contribution in [2.45, 2.75) is 66.3 Å². The summed E-state index contributed by atoms with van der Waals surface area (Å²) in [6.07, 6.45) is 11.8. The van der Waals surface area contributed by atoms with Crippen molar-refractivity contribution in [1.29, 1.82) is 0 Å². The fraction of sp³-hybridized carbons (Fsp3) is 0.789. The van der Waals surface area contributed by atoms with Gasteiger partial charge in [-0.3, -0.25) is 4.90 Å². The highest BCUT2D eigenvalue weighted by molar-refractivity contribution is 5.10. The number of likely N-dealkylation sites (tertiary alicyclic amines) is 1. The molecule has 1 aliphatic carbocycles. The van der Waals surface area contributed by atoms with E-state index in [0.29, 0.717) is 16.9 Å². The third-order valence-corrected chi connectivity index (χ3v) is 5.22. The monoisotopic (exact) mass is 291 g/mol. The van der Waals surface area contributed by atoms with Gasteiger partial charge in [0.25, 0.3) is 0 Å². The summed E-state index contributed by atoms with van der Waals surface area (Å²) in [5.74, 6) is 0.987. The number of nitrogens with zero attached hydrogens (tertiary/aromatic N) is 1. The minimum atomic E-state index is 0.364. The number of hydrogen-bond donors (Lipinski definition) is 0. The standard InChI is InChI=1S/C19H33NO/c1-6-8-16(7-2)21-14-13-20-12-11-19(9-10-19)15-17(20)18(3,4)5/h6-8,17H,9-15H2,1-5H3/b8-6-,16-7+. The Morgan fingerprint density at radius 2 is 1.95 bits per heavy atom. The molecule has 1 saturated carbocycles. The molecule has 2 rings (SSSR count). The third kappa shape index (κ3) is 4.35. The first-order valence-electron chi connectivity index (χ1n) is 8.56. The van der Waals surface area contributed by atoms with Gasteiger partial charge in [0.1, 0.15) is 12.4 Å².